The van der Waals surface area contributed by atoms with E-state index in [-0.39, 0.29) is 17.2 Å². The molecule has 2 aromatic carbocycles. The third-order valence-corrected chi connectivity index (χ3v) is 3.60. The third-order valence-electron chi connectivity index (χ3n) is 3.60. The molecule has 0 aliphatic heterocycles. The van der Waals surface area contributed by atoms with Gasteiger partial charge < -0.3 is 4.98 Å². The fourth-order valence-corrected chi connectivity index (χ4v) is 2.53. The third kappa shape index (κ3) is 1.83. The van der Waals surface area contributed by atoms with Crippen LogP contribution in [0.4, 0.5) is 0 Å². The molecule has 106 valence electrons. The zero-order valence-electron chi connectivity index (χ0n) is 11.5. The maximum absolute atomic E-state index is 12.5. The fourth-order valence-electron chi connectivity index (χ4n) is 2.53. The van der Waals surface area contributed by atoms with E-state index in [1.807, 2.05) is 30.3 Å². The van der Waals surface area contributed by atoms with Gasteiger partial charge in [-0.1, -0.05) is 42.5 Å². The Morgan fingerprint density at radius 2 is 1.73 bits per heavy atom. The first-order valence-electron chi connectivity index (χ1n) is 6.84. The van der Waals surface area contributed by atoms with Gasteiger partial charge in [-0.2, -0.15) is 0 Å². The number of imidazole rings is 1. The zero-order chi connectivity index (χ0) is 15.1. The van der Waals surface area contributed by atoms with Gasteiger partial charge in [-0.05, 0) is 12.1 Å². The number of H-pyrrole nitrogens is 1. The van der Waals surface area contributed by atoms with Crippen molar-refractivity contribution in [3.8, 4) is 0 Å². The SMILES string of the molecule is O=C(c1ccccc1)c1cn2c(=O)[nH]c3ccccc3c2n1. The lowest BCUT2D eigenvalue weighted by molar-refractivity contribution is 0.103. The summed E-state index contributed by atoms with van der Waals surface area (Å²) in [7, 11) is 0. The first-order chi connectivity index (χ1) is 10.7. The molecule has 0 amide bonds. The van der Waals surface area contributed by atoms with E-state index in [4.69, 9.17) is 0 Å². The number of hydrogen-bond acceptors (Lipinski definition) is 3. The smallest absolute Gasteiger partial charge is 0.306 e. The van der Waals surface area contributed by atoms with Crippen molar-refractivity contribution < 1.29 is 4.79 Å². The topological polar surface area (TPSA) is 67.2 Å². The van der Waals surface area contributed by atoms with Crippen LogP contribution in [0, 0.1) is 0 Å². The Labute approximate surface area is 124 Å². The Morgan fingerprint density at radius 3 is 2.55 bits per heavy atom. The van der Waals surface area contributed by atoms with E-state index in [1.165, 1.54) is 10.6 Å². The molecule has 22 heavy (non-hydrogen) atoms. The molecule has 0 radical (unpaired) electrons. The number of aromatic nitrogens is 3. The quantitative estimate of drug-likeness (QED) is 0.576. The number of para-hydroxylation sites is 1. The molecule has 0 aliphatic rings. The molecule has 4 aromatic rings. The predicted molar refractivity (Wildman–Crippen MR) is 83.2 cm³/mol. The lowest BCUT2D eigenvalue weighted by Gasteiger charge is -1.98. The Morgan fingerprint density at radius 1 is 1.00 bits per heavy atom. The minimum absolute atomic E-state index is 0.201. The summed E-state index contributed by atoms with van der Waals surface area (Å²) in [6.07, 6.45) is 1.48. The summed E-state index contributed by atoms with van der Waals surface area (Å²) in [5.41, 5.74) is 1.68. The molecule has 5 heteroatoms. The van der Waals surface area contributed by atoms with E-state index in [0.717, 1.165) is 5.39 Å². The molecular weight excluding hydrogens is 278 g/mol. The van der Waals surface area contributed by atoms with Crippen molar-refractivity contribution in [3.05, 3.63) is 82.5 Å². The Kier molecular flexibility index (Phi) is 2.66. The molecule has 0 atom stereocenters. The number of benzene rings is 2. The highest BCUT2D eigenvalue weighted by atomic mass is 16.1. The van der Waals surface area contributed by atoms with Crippen LogP contribution in [0.25, 0.3) is 16.6 Å². The number of rotatable bonds is 2. The van der Waals surface area contributed by atoms with Gasteiger partial charge in [0.05, 0.1) is 5.52 Å². The summed E-state index contributed by atoms with van der Waals surface area (Å²) in [4.78, 5) is 31.7. The maximum atomic E-state index is 12.5. The molecule has 0 saturated carbocycles. The summed E-state index contributed by atoms with van der Waals surface area (Å²) >= 11 is 0. The summed E-state index contributed by atoms with van der Waals surface area (Å²) in [6, 6.07) is 16.3. The number of aromatic amines is 1. The van der Waals surface area contributed by atoms with Gasteiger partial charge >= 0.3 is 5.69 Å². The lowest BCUT2D eigenvalue weighted by Crippen LogP contribution is -2.15. The van der Waals surface area contributed by atoms with Crippen molar-refractivity contribution in [2.24, 2.45) is 0 Å². The normalized spacial score (nSPS) is 11.1. The van der Waals surface area contributed by atoms with E-state index in [9.17, 15) is 9.59 Å². The van der Waals surface area contributed by atoms with Gasteiger partial charge in [-0.25, -0.2) is 9.78 Å². The molecular formula is C17H11N3O2. The van der Waals surface area contributed by atoms with E-state index < -0.39 is 0 Å². The van der Waals surface area contributed by atoms with Crippen LogP contribution in [0.15, 0.2) is 65.6 Å². The molecule has 0 spiro atoms. The van der Waals surface area contributed by atoms with Crippen LogP contribution >= 0.6 is 0 Å². The van der Waals surface area contributed by atoms with Crippen LogP contribution in [0.3, 0.4) is 0 Å². The van der Waals surface area contributed by atoms with Crippen molar-refractivity contribution in [2.75, 3.05) is 0 Å². The van der Waals surface area contributed by atoms with Crippen molar-refractivity contribution in [1.29, 1.82) is 0 Å². The van der Waals surface area contributed by atoms with Gasteiger partial charge in [-0.15, -0.1) is 0 Å². The van der Waals surface area contributed by atoms with Crippen LogP contribution in [-0.4, -0.2) is 20.2 Å². The first kappa shape index (κ1) is 12.5. The van der Waals surface area contributed by atoms with Crippen LogP contribution in [0.1, 0.15) is 16.1 Å². The number of carbonyl (C=O) groups excluding carboxylic acids is 1. The van der Waals surface area contributed by atoms with E-state index in [0.29, 0.717) is 16.7 Å². The number of fused-ring (bicyclic) bond motifs is 3. The molecule has 0 bridgehead atoms. The van der Waals surface area contributed by atoms with Gasteiger partial charge in [0.15, 0.2) is 5.65 Å². The van der Waals surface area contributed by atoms with Gasteiger partial charge in [0.25, 0.3) is 0 Å². The molecule has 4 rings (SSSR count). The van der Waals surface area contributed by atoms with E-state index in [2.05, 4.69) is 9.97 Å². The van der Waals surface area contributed by atoms with Crippen LogP contribution in [0.5, 0.6) is 0 Å². The second-order valence-corrected chi connectivity index (χ2v) is 4.99. The predicted octanol–water partition coefficient (Wildman–Crippen LogP) is 2.41. The zero-order valence-corrected chi connectivity index (χ0v) is 11.5. The number of nitrogens with one attached hydrogen (secondary N) is 1. The Bertz CT molecular complexity index is 1060. The average molecular weight is 289 g/mol. The number of carbonyl (C=O) groups is 1. The molecule has 1 N–H and O–H groups in total. The molecule has 0 saturated heterocycles. The monoisotopic (exact) mass is 289 g/mol. The van der Waals surface area contributed by atoms with Crippen molar-refractivity contribution >= 4 is 22.3 Å². The highest BCUT2D eigenvalue weighted by molar-refractivity contribution is 6.08. The second-order valence-electron chi connectivity index (χ2n) is 4.99. The highest BCUT2D eigenvalue weighted by Crippen LogP contribution is 2.17. The van der Waals surface area contributed by atoms with Gasteiger partial charge in [0, 0.05) is 17.1 Å². The lowest BCUT2D eigenvalue weighted by atomic mass is 10.1. The van der Waals surface area contributed by atoms with Crippen LogP contribution < -0.4 is 5.69 Å². The molecule has 2 aromatic heterocycles. The van der Waals surface area contributed by atoms with Crippen LogP contribution in [0.2, 0.25) is 0 Å². The Balaban J connectivity index is 1.98. The van der Waals surface area contributed by atoms with Gasteiger partial charge in [-0.3, -0.25) is 9.20 Å². The van der Waals surface area contributed by atoms with Crippen molar-refractivity contribution in [3.63, 3.8) is 0 Å². The van der Waals surface area contributed by atoms with E-state index >= 15 is 0 Å². The summed E-state index contributed by atoms with van der Waals surface area (Å²) in [5.74, 6) is -0.201. The minimum atomic E-state index is -0.312. The first-order valence-corrected chi connectivity index (χ1v) is 6.84. The summed E-state index contributed by atoms with van der Waals surface area (Å²) < 4.78 is 1.37. The van der Waals surface area contributed by atoms with Crippen LogP contribution in [-0.2, 0) is 0 Å². The number of nitrogens with zero attached hydrogens (tertiary/aromatic N) is 2. The Hall–Kier alpha value is -3.21. The van der Waals surface area contributed by atoms with Gasteiger partial charge in [0.2, 0.25) is 5.78 Å². The fraction of sp³-hybridized carbons (Fsp3) is 0. The standard InChI is InChI=1S/C17H11N3O2/c21-15(11-6-2-1-3-7-11)14-10-20-16(18-14)12-8-4-5-9-13(12)19-17(20)22/h1-10H,(H,19,22). The molecule has 0 aliphatic carbocycles. The van der Waals surface area contributed by atoms with Crippen molar-refractivity contribution in [1.82, 2.24) is 14.4 Å². The second kappa shape index (κ2) is 4.66. The number of ketones is 1. The molecule has 5 nitrogen and oxygen atoms in total. The summed E-state index contributed by atoms with van der Waals surface area (Å²) in [6.45, 7) is 0. The molecule has 0 fully saturated rings. The molecule has 0 unspecified atom stereocenters. The molecule has 2 heterocycles. The largest absolute Gasteiger partial charge is 0.331 e. The highest BCUT2D eigenvalue weighted by Gasteiger charge is 2.15. The maximum Gasteiger partial charge on any atom is 0.331 e. The van der Waals surface area contributed by atoms with Crippen molar-refractivity contribution in [2.45, 2.75) is 0 Å². The van der Waals surface area contributed by atoms with Gasteiger partial charge in [0.1, 0.15) is 5.69 Å². The average Bonchev–Trinajstić information content (AvgIpc) is 3.01. The summed E-state index contributed by atoms with van der Waals surface area (Å²) in [5, 5.41) is 0.800. The van der Waals surface area contributed by atoms with E-state index in [1.54, 1.807) is 24.3 Å². The number of hydrogen-bond donors (Lipinski definition) is 1. The minimum Gasteiger partial charge on any atom is -0.306 e.